The number of esters is 1. The van der Waals surface area contributed by atoms with Gasteiger partial charge in [0, 0.05) is 25.9 Å². The molecule has 33 heavy (non-hydrogen) atoms. The van der Waals surface area contributed by atoms with Crippen LogP contribution in [0.25, 0.3) is 0 Å². The lowest BCUT2D eigenvalue weighted by molar-refractivity contribution is -0.141. The zero-order valence-electron chi connectivity index (χ0n) is 19.2. The van der Waals surface area contributed by atoms with Crippen LogP contribution in [-0.2, 0) is 19.1 Å². The Morgan fingerprint density at radius 3 is 2.52 bits per heavy atom. The minimum Gasteiger partial charge on any atom is -0.497 e. The molecule has 9 heteroatoms. The number of amides is 1. The first-order valence-corrected chi connectivity index (χ1v) is 11.9. The summed E-state index contributed by atoms with van der Waals surface area (Å²) in [6, 6.07) is 7.15. The molecule has 3 heterocycles. The number of benzene rings is 1. The van der Waals surface area contributed by atoms with Gasteiger partial charge in [0.05, 0.1) is 37.4 Å². The van der Waals surface area contributed by atoms with E-state index in [4.69, 9.17) is 19.2 Å². The summed E-state index contributed by atoms with van der Waals surface area (Å²) in [5.74, 6) is 0.393. The smallest absolute Gasteiger partial charge is 0.338 e. The SMILES string of the molecule is COCCOC(=O)C1=C(C)N=C2SC=C(CC(=O)N3CCCC3)N2C1c1ccc(OC)cc1. The molecule has 1 unspecified atom stereocenters. The number of carbonyl (C=O) groups is 2. The van der Waals surface area contributed by atoms with Gasteiger partial charge in [0.1, 0.15) is 12.4 Å². The number of allylic oxidation sites excluding steroid dienone is 1. The summed E-state index contributed by atoms with van der Waals surface area (Å²) in [6.07, 6.45) is 2.36. The maximum Gasteiger partial charge on any atom is 0.338 e. The first-order valence-electron chi connectivity index (χ1n) is 11.1. The van der Waals surface area contributed by atoms with Crippen LogP contribution in [0.2, 0.25) is 0 Å². The number of amidine groups is 1. The Morgan fingerprint density at radius 1 is 1.12 bits per heavy atom. The molecule has 0 radical (unpaired) electrons. The van der Waals surface area contributed by atoms with Crippen LogP contribution in [0.1, 0.15) is 37.8 Å². The van der Waals surface area contributed by atoms with Crippen molar-refractivity contribution in [1.29, 1.82) is 0 Å². The highest BCUT2D eigenvalue weighted by Gasteiger charge is 2.41. The monoisotopic (exact) mass is 471 g/mol. The van der Waals surface area contributed by atoms with Gasteiger partial charge in [-0.3, -0.25) is 4.79 Å². The molecule has 3 aliphatic rings. The Labute approximate surface area is 198 Å². The second kappa shape index (κ2) is 10.4. The van der Waals surface area contributed by atoms with Gasteiger partial charge >= 0.3 is 5.97 Å². The minimum absolute atomic E-state index is 0.101. The highest BCUT2D eigenvalue weighted by molar-refractivity contribution is 8.16. The molecule has 3 aliphatic heterocycles. The van der Waals surface area contributed by atoms with Gasteiger partial charge in [-0.15, -0.1) is 0 Å². The van der Waals surface area contributed by atoms with Crippen LogP contribution >= 0.6 is 11.8 Å². The summed E-state index contributed by atoms with van der Waals surface area (Å²) >= 11 is 1.48. The summed E-state index contributed by atoms with van der Waals surface area (Å²) < 4.78 is 15.8. The minimum atomic E-state index is -0.453. The van der Waals surface area contributed by atoms with Crippen LogP contribution in [0.5, 0.6) is 5.75 Å². The fraction of sp³-hybridized carbons (Fsp3) is 0.458. The van der Waals surface area contributed by atoms with E-state index in [-0.39, 0.29) is 18.9 Å². The molecule has 1 aromatic rings. The quantitative estimate of drug-likeness (QED) is 0.424. The van der Waals surface area contributed by atoms with Gasteiger partial charge in [-0.2, -0.15) is 0 Å². The molecule has 1 atom stereocenters. The van der Waals surface area contributed by atoms with Crippen molar-refractivity contribution < 1.29 is 23.8 Å². The molecular weight excluding hydrogens is 442 g/mol. The molecule has 0 bridgehead atoms. The summed E-state index contributed by atoms with van der Waals surface area (Å²) in [6.45, 7) is 3.90. The van der Waals surface area contributed by atoms with Crippen molar-refractivity contribution in [2.24, 2.45) is 4.99 Å². The molecule has 8 nitrogen and oxygen atoms in total. The number of likely N-dealkylation sites (tertiary alicyclic amines) is 1. The van der Waals surface area contributed by atoms with Crippen molar-refractivity contribution >= 4 is 28.8 Å². The van der Waals surface area contributed by atoms with Crippen molar-refractivity contribution in [2.75, 3.05) is 40.5 Å². The second-order valence-electron chi connectivity index (χ2n) is 8.06. The van der Waals surface area contributed by atoms with Crippen LogP contribution in [0.15, 0.2) is 51.6 Å². The Bertz CT molecular complexity index is 996. The lowest BCUT2D eigenvalue weighted by atomic mass is 9.93. The number of nitrogens with zero attached hydrogens (tertiary/aromatic N) is 3. The largest absolute Gasteiger partial charge is 0.497 e. The topological polar surface area (TPSA) is 80.7 Å². The molecular formula is C24H29N3O5S. The van der Waals surface area contributed by atoms with E-state index in [1.54, 1.807) is 14.2 Å². The number of methoxy groups -OCH3 is 2. The van der Waals surface area contributed by atoms with E-state index in [0.717, 1.165) is 48.1 Å². The highest BCUT2D eigenvalue weighted by atomic mass is 32.2. The van der Waals surface area contributed by atoms with Crippen LogP contribution in [0.3, 0.4) is 0 Å². The van der Waals surface area contributed by atoms with E-state index in [2.05, 4.69) is 0 Å². The average Bonchev–Trinajstić information content (AvgIpc) is 3.49. The Morgan fingerprint density at radius 2 is 1.85 bits per heavy atom. The number of aliphatic imine (C=N–C) groups is 1. The van der Waals surface area contributed by atoms with Crippen molar-refractivity contribution in [3.05, 3.63) is 52.2 Å². The van der Waals surface area contributed by atoms with Crippen molar-refractivity contribution in [2.45, 2.75) is 32.2 Å². The number of ether oxygens (including phenoxy) is 3. The molecule has 0 N–H and O–H groups in total. The lowest BCUT2D eigenvalue weighted by Gasteiger charge is -2.36. The zero-order valence-corrected chi connectivity index (χ0v) is 20.0. The van der Waals surface area contributed by atoms with Gasteiger partial charge in [0.15, 0.2) is 5.17 Å². The summed E-state index contributed by atoms with van der Waals surface area (Å²) in [4.78, 5) is 34.7. The molecule has 1 amide bonds. The van der Waals surface area contributed by atoms with Crippen LogP contribution in [0, 0.1) is 0 Å². The summed E-state index contributed by atoms with van der Waals surface area (Å²) in [7, 11) is 3.18. The third-order valence-corrected chi connectivity index (χ3v) is 6.85. The second-order valence-corrected chi connectivity index (χ2v) is 8.90. The van der Waals surface area contributed by atoms with Gasteiger partial charge in [0.2, 0.25) is 5.91 Å². The third kappa shape index (κ3) is 4.94. The predicted octanol–water partition coefficient (Wildman–Crippen LogP) is 3.47. The van der Waals surface area contributed by atoms with Gasteiger partial charge < -0.3 is 24.0 Å². The predicted molar refractivity (Wildman–Crippen MR) is 127 cm³/mol. The van der Waals surface area contributed by atoms with Crippen molar-refractivity contribution in [3.63, 3.8) is 0 Å². The van der Waals surface area contributed by atoms with Crippen molar-refractivity contribution in [1.82, 2.24) is 9.80 Å². The van der Waals surface area contributed by atoms with Crippen LogP contribution in [-0.4, -0.2) is 67.4 Å². The average molecular weight is 472 g/mol. The van der Waals surface area contributed by atoms with Crippen LogP contribution < -0.4 is 4.74 Å². The number of hydrogen-bond donors (Lipinski definition) is 0. The molecule has 0 saturated carbocycles. The molecule has 1 aromatic carbocycles. The Kier molecular flexibility index (Phi) is 7.39. The fourth-order valence-corrected chi connectivity index (χ4v) is 5.23. The molecule has 4 rings (SSSR count). The lowest BCUT2D eigenvalue weighted by Crippen LogP contribution is -2.38. The van der Waals surface area contributed by atoms with Crippen LogP contribution in [0.4, 0.5) is 0 Å². The first-order chi connectivity index (χ1) is 16.0. The van der Waals surface area contributed by atoms with E-state index < -0.39 is 12.0 Å². The Hall–Kier alpha value is -2.78. The summed E-state index contributed by atoms with van der Waals surface area (Å²) in [5, 5.41) is 2.72. The molecule has 0 aromatic heterocycles. The molecule has 0 aliphatic carbocycles. The fourth-order valence-electron chi connectivity index (χ4n) is 4.26. The standard InChI is InChI=1S/C24H29N3O5S/c1-16-21(23(29)32-13-12-30-2)22(17-6-8-19(31-3)9-7-17)27-18(15-33-24(27)25-16)14-20(28)26-10-4-5-11-26/h6-9,15,22H,4-5,10-14H2,1-3H3. The van der Waals surface area contributed by atoms with Gasteiger partial charge in [0.25, 0.3) is 0 Å². The van der Waals surface area contributed by atoms with E-state index in [1.807, 2.05) is 46.4 Å². The van der Waals surface area contributed by atoms with E-state index in [1.165, 1.54) is 11.8 Å². The maximum atomic E-state index is 13.2. The van der Waals surface area contributed by atoms with E-state index in [9.17, 15) is 9.59 Å². The van der Waals surface area contributed by atoms with E-state index in [0.29, 0.717) is 17.9 Å². The van der Waals surface area contributed by atoms with Gasteiger partial charge in [-0.1, -0.05) is 23.9 Å². The maximum absolute atomic E-state index is 13.2. The third-order valence-electron chi connectivity index (χ3n) is 5.96. The van der Waals surface area contributed by atoms with Gasteiger partial charge in [-0.25, -0.2) is 9.79 Å². The molecule has 0 spiro atoms. The molecule has 176 valence electrons. The zero-order chi connectivity index (χ0) is 23.4. The first kappa shape index (κ1) is 23.4. The highest BCUT2D eigenvalue weighted by Crippen LogP contribution is 2.45. The summed E-state index contributed by atoms with van der Waals surface area (Å²) in [5.41, 5.74) is 2.80. The van der Waals surface area contributed by atoms with Crippen molar-refractivity contribution in [3.8, 4) is 5.75 Å². The molecule has 1 saturated heterocycles. The number of hydrogen-bond acceptors (Lipinski definition) is 8. The van der Waals surface area contributed by atoms with E-state index >= 15 is 0 Å². The number of thioether (sulfide) groups is 1. The van der Waals surface area contributed by atoms with Gasteiger partial charge in [-0.05, 0) is 42.9 Å². The molecule has 1 fully saturated rings. The number of rotatable bonds is 8. The number of fused-ring (bicyclic) bond motifs is 1. The Balaban J connectivity index is 1.67. The normalized spacial score (nSPS) is 19.9. The number of carbonyl (C=O) groups excluding carboxylic acids is 2.